The first kappa shape index (κ1) is 14.4. The largest absolute Gasteiger partial charge is 0.486 e. The summed E-state index contributed by atoms with van der Waals surface area (Å²) < 4.78 is 11.7. The minimum Gasteiger partial charge on any atom is -0.486 e. The summed E-state index contributed by atoms with van der Waals surface area (Å²) in [5.41, 5.74) is 1.04. The van der Waals surface area contributed by atoms with E-state index in [-0.39, 0.29) is 17.4 Å². The zero-order chi connectivity index (χ0) is 15.6. The van der Waals surface area contributed by atoms with Crippen molar-refractivity contribution in [3.05, 3.63) is 54.4 Å². The number of pyridine rings is 1. The minimum atomic E-state index is -0.160. The lowest BCUT2D eigenvalue weighted by Gasteiger charge is -2.31. The SMILES string of the molecule is O=C1CSC(c2cccnc2)N1CC1COc2ccccc2O1. The summed E-state index contributed by atoms with van der Waals surface area (Å²) in [6.07, 6.45) is 3.40. The van der Waals surface area contributed by atoms with E-state index in [0.29, 0.717) is 18.9 Å². The number of carbonyl (C=O) groups is 1. The molecule has 2 aliphatic rings. The molecule has 4 rings (SSSR count). The van der Waals surface area contributed by atoms with E-state index >= 15 is 0 Å². The average Bonchev–Trinajstić information content (AvgIpc) is 2.96. The van der Waals surface area contributed by atoms with E-state index in [0.717, 1.165) is 17.1 Å². The summed E-state index contributed by atoms with van der Waals surface area (Å²) in [6.45, 7) is 0.963. The Balaban J connectivity index is 1.50. The van der Waals surface area contributed by atoms with Gasteiger partial charge >= 0.3 is 0 Å². The van der Waals surface area contributed by atoms with Gasteiger partial charge in [-0.2, -0.15) is 0 Å². The van der Waals surface area contributed by atoms with Crippen molar-refractivity contribution in [3.63, 3.8) is 0 Å². The molecule has 2 aliphatic heterocycles. The van der Waals surface area contributed by atoms with E-state index in [1.54, 1.807) is 18.0 Å². The van der Waals surface area contributed by atoms with Gasteiger partial charge in [0.05, 0.1) is 12.3 Å². The van der Waals surface area contributed by atoms with Gasteiger partial charge in [0.2, 0.25) is 5.91 Å². The fourth-order valence-electron chi connectivity index (χ4n) is 2.82. The summed E-state index contributed by atoms with van der Waals surface area (Å²) in [5, 5.41) is -0.00281. The Bertz CT molecular complexity index is 710. The number of hydrogen-bond donors (Lipinski definition) is 0. The molecule has 1 aromatic carbocycles. The van der Waals surface area contributed by atoms with Crippen LogP contribution >= 0.6 is 11.8 Å². The molecule has 3 heterocycles. The van der Waals surface area contributed by atoms with Crippen LogP contribution in [-0.4, -0.2) is 40.8 Å². The van der Waals surface area contributed by atoms with E-state index in [4.69, 9.17) is 9.47 Å². The molecule has 1 fully saturated rings. The van der Waals surface area contributed by atoms with Crippen molar-refractivity contribution in [1.29, 1.82) is 0 Å². The fourth-order valence-corrected chi connectivity index (χ4v) is 4.00. The monoisotopic (exact) mass is 328 g/mol. The lowest BCUT2D eigenvalue weighted by Crippen LogP contribution is -2.42. The molecule has 6 heteroatoms. The predicted molar refractivity (Wildman–Crippen MR) is 87.5 cm³/mol. The molecule has 23 heavy (non-hydrogen) atoms. The highest BCUT2D eigenvalue weighted by Gasteiger charge is 2.36. The lowest BCUT2D eigenvalue weighted by molar-refractivity contribution is -0.129. The normalized spacial score (nSPS) is 23.1. The van der Waals surface area contributed by atoms with Gasteiger partial charge in [-0.15, -0.1) is 11.8 Å². The summed E-state index contributed by atoms with van der Waals surface area (Å²) in [4.78, 5) is 18.3. The van der Waals surface area contributed by atoms with Crippen LogP contribution in [0.3, 0.4) is 0 Å². The molecule has 1 saturated heterocycles. The van der Waals surface area contributed by atoms with Crippen molar-refractivity contribution < 1.29 is 14.3 Å². The molecule has 0 saturated carbocycles. The van der Waals surface area contributed by atoms with Gasteiger partial charge in [0.15, 0.2) is 17.6 Å². The van der Waals surface area contributed by atoms with Crippen LogP contribution in [0.4, 0.5) is 0 Å². The highest BCUT2D eigenvalue weighted by atomic mass is 32.2. The van der Waals surface area contributed by atoms with Crippen molar-refractivity contribution in [3.8, 4) is 11.5 Å². The number of fused-ring (bicyclic) bond motifs is 1. The quantitative estimate of drug-likeness (QED) is 0.866. The molecule has 0 aliphatic carbocycles. The van der Waals surface area contributed by atoms with Crippen molar-refractivity contribution in [2.45, 2.75) is 11.5 Å². The maximum Gasteiger partial charge on any atom is 0.233 e. The van der Waals surface area contributed by atoms with Gasteiger partial charge < -0.3 is 14.4 Å². The number of aromatic nitrogens is 1. The van der Waals surface area contributed by atoms with Crippen LogP contribution in [0.2, 0.25) is 0 Å². The van der Waals surface area contributed by atoms with Crippen molar-refractivity contribution in [2.24, 2.45) is 0 Å². The van der Waals surface area contributed by atoms with Gasteiger partial charge in [0.25, 0.3) is 0 Å². The minimum absolute atomic E-state index is 0.00281. The Kier molecular flexibility index (Phi) is 3.83. The third-order valence-corrected chi connectivity index (χ3v) is 5.16. The van der Waals surface area contributed by atoms with E-state index in [9.17, 15) is 4.79 Å². The Hall–Kier alpha value is -2.21. The molecule has 118 valence electrons. The second-order valence-corrected chi connectivity index (χ2v) is 6.56. The number of hydrogen-bond acceptors (Lipinski definition) is 5. The fraction of sp³-hybridized carbons (Fsp3) is 0.294. The number of rotatable bonds is 3. The van der Waals surface area contributed by atoms with Crippen molar-refractivity contribution in [2.75, 3.05) is 18.9 Å². The van der Waals surface area contributed by atoms with Gasteiger partial charge in [-0.3, -0.25) is 9.78 Å². The second kappa shape index (κ2) is 6.12. The summed E-state index contributed by atoms with van der Waals surface area (Å²) in [7, 11) is 0. The molecule has 0 spiro atoms. The van der Waals surface area contributed by atoms with E-state index < -0.39 is 0 Å². The summed E-state index contributed by atoms with van der Waals surface area (Å²) in [5.74, 6) is 2.12. The van der Waals surface area contributed by atoms with Gasteiger partial charge in [0, 0.05) is 18.0 Å². The maximum atomic E-state index is 12.3. The number of benzene rings is 1. The topological polar surface area (TPSA) is 51.7 Å². The van der Waals surface area contributed by atoms with Crippen LogP contribution in [0.5, 0.6) is 11.5 Å². The third-order valence-electron chi connectivity index (χ3n) is 3.91. The van der Waals surface area contributed by atoms with Crippen LogP contribution < -0.4 is 9.47 Å². The maximum absolute atomic E-state index is 12.3. The molecule has 2 atom stereocenters. The van der Waals surface area contributed by atoms with Crippen LogP contribution in [0.25, 0.3) is 0 Å². The molecule has 0 radical (unpaired) electrons. The molecule has 2 aromatic rings. The lowest BCUT2D eigenvalue weighted by atomic mass is 10.2. The molecule has 0 bridgehead atoms. The number of amides is 1. The number of ether oxygens (including phenoxy) is 2. The highest BCUT2D eigenvalue weighted by molar-refractivity contribution is 8.00. The molecule has 1 aromatic heterocycles. The first-order valence-corrected chi connectivity index (χ1v) is 8.55. The smallest absolute Gasteiger partial charge is 0.233 e. The zero-order valence-corrected chi connectivity index (χ0v) is 13.2. The van der Waals surface area contributed by atoms with Crippen LogP contribution in [0.1, 0.15) is 10.9 Å². The van der Waals surface area contributed by atoms with E-state index in [1.807, 2.05) is 47.5 Å². The number of thioether (sulfide) groups is 1. The van der Waals surface area contributed by atoms with Crippen LogP contribution in [-0.2, 0) is 4.79 Å². The third kappa shape index (κ3) is 2.86. The molecule has 1 amide bonds. The summed E-state index contributed by atoms with van der Waals surface area (Å²) in [6, 6.07) is 11.5. The van der Waals surface area contributed by atoms with Crippen molar-refractivity contribution >= 4 is 17.7 Å². The van der Waals surface area contributed by atoms with Gasteiger partial charge in [-0.25, -0.2) is 0 Å². The average molecular weight is 328 g/mol. The van der Waals surface area contributed by atoms with Crippen molar-refractivity contribution in [1.82, 2.24) is 9.88 Å². The highest BCUT2D eigenvalue weighted by Crippen LogP contribution is 2.39. The number of nitrogens with zero attached hydrogens (tertiary/aromatic N) is 2. The summed E-state index contributed by atoms with van der Waals surface area (Å²) >= 11 is 1.63. The predicted octanol–water partition coefficient (Wildman–Crippen LogP) is 2.50. The zero-order valence-electron chi connectivity index (χ0n) is 12.4. The molecule has 0 N–H and O–H groups in total. The van der Waals surface area contributed by atoms with Gasteiger partial charge in [-0.05, 0) is 18.2 Å². The Morgan fingerprint density at radius 2 is 2.09 bits per heavy atom. The van der Waals surface area contributed by atoms with Crippen LogP contribution in [0.15, 0.2) is 48.8 Å². The first-order chi connectivity index (χ1) is 11.3. The van der Waals surface area contributed by atoms with E-state index in [1.165, 1.54) is 0 Å². The van der Waals surface area contributed by atoms with Gasteiger partial charge in [0.1, 0.15) is 12.0 Å². The standard InChI is InChI=1S/C17H16N2O3S/c20-16-11-23-17(12-4-3-7-18-8-12)19(16)9-13-10-21-14-5-1-2-6-15(14)22-13/h1-8,13,17H,9-11H2. The van der Waals surface area contributed by atoms with E-state index in [2.05, 4.69) is 4.98 Å². The Morgan fingerprint density at radius 1 is 1.22 bits per heavy atom. The molecule has 2 unspecified atom stereocenters. The number of carbonyl (C=O) groups excluding carboxylic acids is 1. The number of para-hydroxylation sites is 2. The Labute approximate surface area is 138 Å². The molecular formula is C17H16N2O3S. The second-order valence-electron chi connectivity index (χ2n) is 5.49. The molecule has 5 nitrogen and oxygen atoms in total. The van der Waals surface area contributed by atoms with Crippen LogP contribution in [0, 0.1) is 0 Å². The van der Waals surface area contributed by atoms with Gasteiger partial charge in [-0.1, -0.05) is 18.2 Å². The molecular weight excluding hydrogens is 312 g/mol. The first-order valence-electron chi connectivity index (χ1n) is 7.51. The Morgan fingerprint density at radius 3 is 2.91 bits per heavy atom.